The quantitative estimate of drug-likeness (QED) is 0.479. The lowest BCUT2D eigenvalue weighted by Crippen LogP contribution is -2.37. The summed E-state index contributed by atoms with van der Waals surface area (Å²) >= 11 is 3.01. The molecular weight excluding hydrogens is 392 g/mol. The van der Waals surface area contributed by atoms with Crippen LogP contribution in [0.5, 0.6) is 11.5 Å². The molecule has 0 aliphatic carbocycles. The molecular formula is C21H24N2O3S2. The molecule has 0 bridgehead atoms. The van der Waals surface area contributed by atoms with Gasteiger partial charge in [0.05, 0.1) is 24.2 Å². The molecule has 0 radical (unpaired) electrons. The Morgan fingerprint density at radius 3 is 2.64 bits per heavy atom. The number of thiophene rings is 1. The third-order valence-electron chi connectivity index (χ3n) is 4.47. The molecule has 3 aromatic rings. The fraction of sp³-hybridized carbons (Fsp3) is 0.333. The molecule has 0 spiro atoms. The number of benzene rings is 1. The third kappa shape index (κ3) is 4.91. The van der Waals surface area contributed by atoms with Crippen LogP contribution < -0.4 is 9.47 Å². The number of thiazole rings is 1. The van der Waals surface area contributed by atoms with Crippen molar-refractivity contribution in [1.82, 2.24) is 9.88 Å². The topological polar surface area (TPSA) is 51.7 Å². The predicted octanol–water partition coefficient (Wildman–Crippen LogP) is 5.23. The number of hydrogen-bond donors (Lipinski definition) is 0. The average Bonchev–Trinajstić information content (AvgIpc) is 3.41. The van der Waals surface area contributed by atoms with Crippen LogP contribution in [0.1, 0.15) is 40.6 Å². The van der Waals surface area contributed by atoms with E-state index in [-0.39, 0.29) is 11.9 Å². The maximum absolute atomic E-state index is 12.9. The van der Waals surface area contributed by atoms with E-state index in [9.17, 15) is 4.79 Å². The Labute approximate surface area is 173 Å². The normalized spacial score (nSPS) is 11.8. The van der Waals surface area contributed by atoms with Crippen LogP contribution in [0.2, 0.25) is 0 Å². The van der Waals surface area contributed by atoms with Gasteiger partial charge in [-0.2, -0.15) is 0 Å². The minimum atomic E-state index is 0.0594. The summed E-state index contributed by atoms with van der Waals surface area (Å²) < 4.78 is 11.2. The smallest absolute Gasteiger partial charge is 0.264 e. The fourth-order valence-corrected chi connectivity index (χ4v) is 4.11. The molecule has 0 saturated heterocycles. The third-order valence-corrected chi connectivity index (χ3v) is 6.20. The minimum absolute atomic E-state index is 0.0594. The van der Waals surface area contributed by atoms with Crippen molar-refractivity contribution >= 4 is 28.6 Å². The summed E-state index contributed by atoms with van der Waals surface area (Å²) in [6, 6.07) is 11.5. The molecule has 2 aromatic heterocycles. The zero-order chi connectivity index (χ0) is 19.9. The fourth-order valence-electron chi connectivity index (χ4n) is 2.73. The van der Waals surface area contributed by atoms with Crippen LogP contribution in [0.15, 0.2) is 47.2 Å². The van der Waals surface area contributed by atoms with Crippen LogP contribution in [-0.2, 0) is 13.2 Å². The van der Waals surface area contributed by atoms with Crippen LogP contribution in [0.3, 0.4) is 0 Å². The summed E-state index contributed by atoms with van der Waals surface area (Å²) in [5, 5.41) is 4.80. The van der Waals surface area contributed by atoms with Gasteiger partial charge in [-0.05, 0) is 36.9 Å². The summed E-state index contributed by atoms with van der Waals surface area (Å²) in [5.41, 5.74) is 0.883. The van der Waals surface area contributed by atoms with Gasteiger partial charge in [0.15, 0.2) is 11.5 Å². The number of carbonyl (C=O) groups excluding carboxylic acids is 1. The standard InChI is InChI=1S/C21H24N2O3S2/c1-4-15(2)23(21(24)19-10-7-11-27-19)12-16-14-28-20(22-16)13-26-18-9-6-5-8-17(18)25-3/h5-11,14-15H,4,12-13H2,1-3H3/t15-/m0/s1. The Bertz CT molecular complexity index is 893. The molecule has 148 valence electrons. The molecule has 1 aromatic carbocycles. The van der Waals surface area contributed by atoms with Gasteiger partial charge in [0.25, 0.3) is 5.91 Å². The van der Waals surface area contributed by atoms with E-state index in [2.05, 4.69) is 18.8 Å². The lowest BCUT2D eigenvalue weighted by atomic mass is 10.2. The first-order chi connectivity index (χ1) is 13.6. The molecule has 5 nitrogen and oxygen atoms in total. The van der Waals surface area contributed by atoms with Gasteiger partial charge in [-0.1, -0.05) is 25.1 Å². The molecule has 2 heterocycles. The summed E-state index contributed by atoms with van der Waals surface area (Å²) in [7, 11) is 1.62. The molecule has 3 rings (SSSR count). The van der Waals surface area contributed by atoms with Gasteiger partial charge in [-0.3, -0.25) is 4.79 Å². The van der Waals surface area contributed by atoms with Gasteiger partial charge >= 0.3 is 0 Å². The Morgan fingerprint density at radius 2 is 1.96 bits per heavy atom. The number of aromatic nitrogens is 1. The van der Waals surface area contributed by atoms with E-state index in [1.165, 1.54) is 11.3 Å². The SMILES string of the molecule is CC[C@H](C)N(Cc1csc(COc2ccccc2OC)n1)C(=O)c1cccs1. The van der Waals surface area contributed by atoms with Crippen LogP contribution in [0, 0.1) is 0 Å². The van der Waals surface area contributed by atoms with Crippen molar-refractivity contribution in [3.05, 3.63) is 62.7 Å². The monoisotopic (exact) mass is 416 g/mol. The number of hydrogen-bond acceptors (Lipinski definition) is 6. The highest BCUT2D eigenvalue weighted by atomic mass is 32.1. The van der Waals surface area contributed by atoms with E-state index in [4.69, 9.17) is 9.47 Å². The van der Waals surface area contributed by atoms with Gasteiger partial charge in [0.2, 0.25) is 0 Å². The van der Waals surface area contributed by atoms with E-state index >= 15 is 0 Å². The number of ether oxygens (including phenoxy) is 2. The first kappa shape index (κ1) is 20.4. The molecule has 7 heteroatoms. The van der Waals surface area contributed by atoms with Crippen LogP contribution >= 0.6 is 22.7 Å². The Kier molecular flexibility index (Phi) is 7.06. The molecule has 0 aliphatic rings. The highest BCUT2D eigenvalue weighted by molar-refractivity contribution is 7.12. The second-order valence-corrected chi connectivity index (χ2v) is 8.23. The number of nitrogens with zero attached hydrogens (tertiary/aromatic N) is 2. The van der Waals surface area contributed by atoms with Crippen molar-refractivity contribution in [3.63, 3.8) is 0 Å². The highest BCUT2D eigenvalue weighted by Crippen LogP contribution is 2.27. The first-order valence-corrected chi connectivity index (χ1v) is 10.9. The van der Waals surface area contributed by atoms with E-state index in [0.29, 0.717) is 24.7 Å². The van der Waals surface area contributed by atoms with Gasteiger partial charge in [0, 0.05) is 11.4 Å². The molecule has 0 fully saturated rings. The zero-order valence-electron chi connectivity index (χ0n) is 16.3. The molecule has 1 atom stereocenters. The van der Waals surface area contributed by atoms with Crippen LogP contribution in [-0.4, -0.2) is 28.9 Å². The van der Waals surface area contributed by atoms with Gasteiger partial charge in [-0.25, -0.2) is 4.98 Å². The van der Waals surface area contributed by atoms with Crippen LogP contribution in [0.4, 0.5) is 0 Å². The van der Waals surface area contributed by atoms with Crippen molar-refractivity contribution in [3.8, 4) is 11.5 Å². The van der Waals surface area contributed by atoms with Gasteiger partial charge in [0.1, 0.15) is 11.6 Å². The van der Waals surface area contributed by atoms with Crippen molar-refractivity contribution < 1.29 is 14.3 Å². The van der Waals surface area contributed by atoms with Crippen molar-refractivity contribution in [2.75, 3.05) is 7.11 Å². The zero-order valence-corrected chi connectivity index (χ0v) is 17.9. The maximum atomic E-state index is 12.9. The van der Waals surface area contributed by atoms with E-state index in [1.807, 2.05) is 52.1 Å². The van der Waals surface area contributed by atoms with E-state index in [1.54, 1.807) is 18.4 Å². The predicted molar refractivity (Wildman–Crippen MR) is 113 cm³/mol. The average molecular weight is 417 g/mol. The number of methoxy groups -OCH3 is 1. The van der Waals surface area contributed by atoms with Crippen molar-refractivity contribution in [2.45, 2.75) is 39.5 Å². The maximum Gasteiger partial charge on any atom is 0.264 e. The number of amides is 1. The number of carbonyl (C=O) groups is 1. The molecule has 1 amide bonds. The largest absolute Gasteiger partial charge is 0.493 e. The van der Waals surface area contributed by atoms with E-state index < -0.39 is 0 Å². The lowest BCUT2D eigenvalue weighted by molar-refractivity contribution is 0.0674. The lowest BCUT2D eigenvalue weighted by Gasteiger charge is -2.27. The molecule has 0 saturated carbocycles. The van der Waals surface area contributed by atoms with E-state index in [0.717, 1.165) is 22.0 Å². The Hall–Kier alpha value is -2.38. The van der Waals surface area contributed by atoms with Crippen molar-refractivity contribution in [2.24, 2.45) is 0 Å². The van der Waals surface area contributed by atoms with Gasteiger partial charge < -0.3 is 14.4 Å². The Balaban J connectivity index is 1.67. The van der Waals surface area contributed by atoms with Crippen LogP contribution in [0.25, 0.3) is 0 Å². The molecule has 0 aliphatic heterocycles. The minimum Gasteiger partial charge on any atom is -0.493 e. The molecule has 28 heavy (non-hydrogen) atoms. The number of para-hydroxylation sites is 2. The number of rotatable bonds is 9. The molecule has 0 unspecified atom stereocenters. The van der Waals surface area contributed by atoms with Gasteiger partial charge in [-0.15, -0.1) is 22.7 Å². The summed E-state index contributed by atoms with van der Waals surface area (Å²) in [5.74, 6) is 1.45. The second-order valence-electron chi connectivity index (χ2n) is 6.34. The summed E-state index contributed by atoms with van der Waals surface area (Å²) in [6.45, 7) is 5.03. The summed E-state index contributed by atoms with van der Waals surface area (Å²) in [4.78, 5) is 20.2. The highest BCUT2D eigenvalue weighted by Gasteiger charge is 2.22. The summed E-state index contributed by atoms with van der Waals surface area (Å²) in [6.07, 6.45) is 0.894. The van der Waals surface area contributed by atoms with Crippen molar-refractivity contribution in [1.29, 1.82) is 0 Å². The molecule has 0 N–H and O–H groups in total. The Morgan fingerprint density at radius 1 is 1.18 bits per heavy atom. The first-order valence-electron chi connectivity index (χ1n) is 9.16. The second kappa shape index (κ2) is 9.71.